The van der Waals surface area contributed by atoms with Crippen molar-refractivity contribution in [1.29, 1.82) is 0 Å². The normalized spacial score (nSPS) is 14.1. The van der Waals surface area contributed by atoms with E-state index in [4.69, 9.17) is 9.47 Å². The average Bonchev–Trinajstić information content (AvgIpc) is 2.81. The van der Waals surface area contributed by atoms with Gasteiger partial charge in [-0.05, 0) is 66.3 Å². The topological polar surface area (TPSA) is 21.7 Å². The summed E-state index contributed by atoms with van der Waals surface area (Å²) in [7, 11) is 2.36. The highest BCUT2D eigenvalue weighted by Gasteiger charge is 2.33. The molecule has 2 rings (SSSR count). The molecule has 0 bridgehead atoms. The fraction of sp³-hybridized carbons (Fsp3) is 0.613. The molecular weight excluding hydrogens is 449 g/mol. The molecule has 2 aromatic carbocycles. The van der Waals surface area contributed by atoms with Crippen LogP contribution in [0.5, 0.6) is 5.75 Å². The highest BCUT2D eigenvalue weighted by molar-refractivity contribution is 7.48. The van der Waals surface area contributed by atoms with E-state index in [9.17, 15) is 0 Å². The fourth-order valence-electron chi connectivity index (χ4n) is 4.72. The van der Waals surface area contributed by atoms with Crippen LogP contribution < -0.4 is 10.0 Å². The van der Waals surface area contributed by atoms with Gasteiger partial charge in [-0.15, -0.1) is 0 Å². The van der Waals surface area contributed by atoms with Crippen molar-refractivity contribution in [2.75, 3.05) is 27.0 Å². The minimum Gasteiger partial charge on any atom is -0.467 e. The van der Waals surface area contributed by atoms with Crippen molar-refractivity contribution in [3.8, 4) is 5.75 Å². The van der Waals surface area contributed by atoms with E-state index in [0.29, 0.717) is 8.58 Å². The highest BCUT2D eigenvalue weighted by atomic mass is 31.1. The number of aryl methyl sites for hydroxylation is 2. The summed E-state index contributed by atoms with van der Waals surface area (Å²) >= 11 is 0. The van der Waals surface area contributed by atoms with Gasteiger partial charge in [0.1, 0.15) is 5.75 Å². The Kier molecular flexibility index (Phi) is 11.3. The van der Waals surface area contributed by atoms with E-state index < -0.39 is 0 Å². The van der Waals surface area contributed by atoms with Gasteiger partial charge in [-0.25, -0.2) is 0 Å². The lowest BCUT2D eigenvalue weighted by Crippen LogP contribution is -2.28. The molecule has 0 fully saturated rings. The number of hydrogen-bond acceptors (Lipinski definition) is 3. The van der Waals surface area contributed by atoms with Crippen LogP contribution in [0.15, 0.2) is 30.3 Å². The van der Waals surface area contributed by atoms with Gasteiger partial charge < -0.3 is 9.47 Å². The molecule has 35 heavy (non-hydrogen) atoms. The van der Waals surface area contributed by atoms with Crippen LogP contribution in [0.2, 0.25) is 0 Å². The van der Waals surface area contributed by atoms with E-state index in [-0.39, 0.29) is 17.4 Å². The lowest BCUT2D eigenvalue weighted by molar-refractivity contribution is 0.0495. The number of nitrogens with zero attached hydrogens (tertiary/aromatic N) is 1. The molecule has 0 aliphatic rings. The van der Waals surface area contributed by atoms with Gasteiger partial charge in [0.15, 0.2) is 6.79 Å². The van der Waals surface area contributed by atoms with Gasteiger partial charge in [-0.2, -0.15) is 0 Å². The van der Waals surface area contributed by atoms with Crippen molar-refractivity contribution in [3.63, 3.8) is 0 Å². The van der Waals surface area contributed by atoms with E-state index in [1.54, 1.807) is 7.11 Å². The fourth-order valence-corrected chi connectivity index (χ4v) is 6.50. The lowest BCUT2D eigenvalue weighted by Gasteiger charge is -2.36. The molecule has 0 spiro atoms. The summed E-state index contributed by atoms with van der Waals surface area (Å²) in [6.45, 7) is 24.1. The van der Waals surface area contributed by atoms with Crippen LogP contribution in [0, 0.1) is 13.8 Å². The maximum Gasteiger partial charge on any atom is 0.188 e. The maximum absolute atomic E-state index is 6.28. The summed E-state index contributed by atoms with van der Waals surface area (Å²) in [6, 6.07) is 11.6. The SMILES string of the molecule is CCCCC(C)(Pc1c(C)cccc1CN(CC)CC)c1cc(C(C)(C)C)cc(C)c1OCOC. The van der Waals surface area contributed by atoms with Crippen molar-refractivity contribution in [2.45, 2.75) is 98.7 Å². The number of hydrogen-bond donors (Lipinski definition) is 0. The monoisotopic (exact) mass is 499 g/mol. The van der Waals surface area contributed by atoms with Gasteiger partial charge in [0.2, 0.25) is 0 Å². The van der Waals surface area contributed by atoms with E-state index >= 15 is 0 Å². The summed E-state index contributed by atoms with van der Waals surface area (Å²) in [5.74, 6) is 1.00. The van der Waals surface area contributed by atoms with E-state index in [1.165, 1.54) is 46.0 Å². The molecule has 0 aliphatic carbocycles. The Labute approximate surface area is 217 Å². The van der Waals surface area contributed by atoms with Gasteiger partial charge in [0.25, 0.3) is 0 Å². The molecular formula is C31H50NO2P. The highest BCUT2D eigenvalue weighted by Crippen LogP contribution is 2.51. The first-order chi connectivity index (χ1) is 16.5. The molecule has 0 radical (unpaired) electrons. The van der Waals surface area contributed by atoms with E-state index in [2.05, 4.69) is 97.5 Å². The second-order valence-electron chi connectivity index (χ2n) is 11.1. The second kappa shape index (κ2) is 13.2. The first-order valence-electron chi connectivity index (χ1n) is 13.4. The van der Waals surface area contributed by atoms with E-state index in [1.807, 2.05) is 0 Å². The third-order valence-corrected chi connectivity index (χ3v) is 9.17. The van der Waals surface area contributed by atoms with Crippen molar-refractivity contribution in [2.24, 2.45) is 0 Å². The molecule has 4 heteroatoms. The van der Waals surface area contributed by atoms with Crippen LogP contribution in [0.4, 0.5) is 0 Å². The summed E-state index contributed by atoms with van der Waals surface area (Å²) < 4.78 is 11.6. The molecule has 2 aromatic rings. The molecule has 0 saturated carbocycles. The first-order valence-corrected chi connectivity index (χ1v) is 14.4. The minimum absolute atomic E-state index is 0.0186. The summed E-state index contributed by atoms with van der Waals surface area (Å²) in [4.78, 5) is 2.52. The molecule has 2 atom stereocenters. The largest absolute Gasteiger partial charge is 0.467 e. The van der Waals surface area contributed by atoms with Crippen molar-refractivity contribution in [3.05, 3.63) is 58.1 Å². The Bertz CT molecular complexity index is 946. The molecule has 0 aliphatic heterocycles. The Morgan fingerprint density at radius 2 is 1.63 bits per heavy atom. The van der Waals surface area contributed by atoms with Crippen LogP contribution in [0.25, 0.3) is 0 Å². The standard InChI is InChI=1S/C31H50NO2P/c1-11-14-18-31(9,35-29-23(4)16-15-17-25(29)21-32(12-2)13-3)27-20-26(30(6,7)8)19-24(5)28(27)34-22-33-10/h15-17,19-20,35H,11-14,18,21-22H2,1-10H3. The average molecular weight is 500 g/mol. The second-order valence-corrected chi connectivity index (χ2v) is 13.0. The zero-order valence-electron chi connectivity index (χ0n) is 24.1. The summed E-state index contributed by atoms with van der Waals surface area (Å²) in [5, 5.41) is 1.50. The van der Waals surface area contributed by atoms with Gasteiger partial charge in [0.05, 0.1) is 0 Å². The van der Waals surface area contributed by atoms with E-state index in [0.717, 1.165) is 31.8 Å². The van der Waals surface area contributed by atoms with Gasteiger partial charge in [-0.1, -0.05) is 100 Å². The van der Waals surface area contributed by atoms with Crippen LogP contribution in [-0.4, -0.2) is 31.9 Å². The van der Waals surface area contributed by atoms with Crippen molar-refractivity contribution < 1.29 is 9.47 Å². The third-order valence-electron chi connectivity index (χ3n) is 7.13. The quantitative estimate of drug-likeness (QED) is 0.207. The van der Waals surface area contributed by atoms with Crippen molar-refractivity contribution in [1.82, 2.24) is 4.90 Å². The molecule has 0 N–H and O–H groups in total. The number of rotatable bonds is 13. The lowest BCUT2D eigenvalue weighted by atomic mass is 9.82. The molecule has 0 saturated heterocycles. The molecule has 196 valence electrons. The number of benzene rings is 2. The Morgan fingerprint density at radius 1 is 0.943 bits per heavy atom. The Morgan fingerprint density at radius 3 is 2.20 bits per heavy atom. The zero-order valence-corrected chi connectivity index (χ0v) is 25.1. The zero-order chi connectivity index (χ0) is 26.2. The molecule has 2 unspecified atom stereocenters. The van der Waals surface area contributed by atoms with Gasteiger partial charge in [-0.3, -0.25) is 4.90 Å². The minimum atomic E-state index is -0.0186. The van der Waals surface area contributed by atoms with Crippen LogP contribution in [0.1, 0.15) is 95.5 Å². The van der Waals surface area contributed by atoms with Crippen LogP contribution >= 0.6 is 8.58 Å². The first kappa shape index (κ1) is 29.8. The molecule has 0 heterocycles. The Hall–Kier alpha value is -1.41. The third kappa shape index (κ3) is 7.78. The number of methoxy groups -OCH3 is 1. The summed E-state index contributed by atoms with van der Waals surface area (Å²) in [6.07, 6.45) is 3.52. The maximum atomic E-state index is 6.28. The predicted molar refractivity (Wildman–Crippen MR) is 155 cm³/mol. The molecule has 0 aromatic heterocycles. The van der Waals surface area contributed by atoms with Crippen LogP contribution in [0.3, 0.4) is 0 Å². The van der Waals surface area contributed by atoms with Crippen molar-refractivity contribution >= 4 is 13.9 Å². The van der Waals surface area contributed by atoms with Crippen LogP contribution in [-0.2, 0) is 21.9 Å². The van der Waals surface area contributed by atoms with Gasteiger partial charge in [0, 0.05) is 24.4 Å². The summed E-state index contributed by atoms with van der Waals surface area (Å²) in [5.41, 5.74) is 6.85. The molecule has 0 amide bonds. The number of ether oxygens (including phenoxy) is 2. The molecule has 3 nitrogen and oxygen atoms in total. The number of unbranched alkanes of at least 4 members (excludes halogenated alkanes) is 1. The Balaban J connectivity index is 2.71. The van der Waals surface area contributed by atoms with Gasteiger partial charge >= 0.3 is 0 Å². The predicted octanol–water partition coefficient (Wildman–Crippen LogP) is 7.83. The smallest absolute Gasteiger partial charge is 0.188 e.